The molecule has 2 unspecified atom stereocenters. The van der Waals surface area contributed by atoms with Crippen LogP contribution in [0.2, 0.25) is 5.02 Å². The van der Waals surface area contributed by atoms with E-state index in [1.54, 1.807) is 22.4 Å². The van der Waals surface area contributed by atoms with Crippen LogP contribution in [0, 0.1) is 0 Å². The van der Waals surface area contributed by atoms with Crippen molar-refractivity contribution >= 4 is 46.3 Å². The number of nitrogens with zero attached hydrogens (tertiary/aromatic N) is 7. The number of hydrogen-bond acceptors (Lipinski definition) is 9. The van der Waals surface area contributed by atoms with Crippen molar-refractivity contribution in [1.82, 2.24) is 39.1 Å². The number of amides is 3. The zero-order valence-electron chi connectivity index (χ0n) is 34.1. The van der Waals surface area contributed by atoms with Crippen LogP contribution in [0.15, 0.2) is 83.8 Å². The molecular weight excluding hydrogens is 778 g/mol. The maximum atomic E-state index is 13.6. The Labute approximate surface area is 354 Å². The van der Waals surface area contributed by atoms with Crippen LogP contribution in [-0.2, 0) is 21.4 Å². The molecule has 0 radical (unpaired) electrons. The normalized spacial score (nSPS) is 21.3. The Kier molecular flexibility index (Phi) is 11.6. The Morgan fingerprint density at radius 3 is 2.38 bits per heavy atom. The van der Waals surface area contributed by atoms with Crippen LogP contribution in [0.4, 0.5) is 5.95 Å². The van der Waals surface area contributed by atoms with Gasteiger partial charge < -0.3 is 15.1 Å². The third-order valence-electron chi connectivity index (χ3n) is 13.2. The summed E-state index contributed by atoms with van der Waals surface area (Å²) in [5.41, 5.74) is 6.34. The van der Waals surface area contributed by atoms with Crippen molar-refractivity contribution in [2.24, 2.45) is 7.05 Å². The molecule has 4 fully saturated rings. The topological polar surface area (TPSA) is 138 Å². The molecule has 9 rings (SSSR count). The highest BCUT2D eigenvalue weighted by molar-refractivity contribution is 6.33. The second-order valence-electron chi connectivity index (χ2n) is 16.9. The van der Waals surface area contributed by atoms with Crippen LogP contribution >= 0.6 is 11.6 Å². The van der Waals surface area contributed by atoms with Gasteiger partial charge in [0, 0.05) is 57.3 Å². The highest BCUT2D eigenvalue weighted by Crippen LogP contribution is 2.34. The number of carbonyl (C=O) groups excluding carboxylic acids is 3. The van der Waals surface area contributed by atoms with Crippen molar-refractivity contribution in [3.8, 4) is 22.4 Å². The number of rotatable bonds is 9. The van der Waals surface area contributed by atoms with E-state index in [0.717, 1.165) is 99.0 Å². The fraction of sp³-hybridized carbons (Fsp3) is 0.435. The van der Waals surface area contributed by atoms with Crippen LogP contribution in [0.25, 0.3) is 33.4 Å². The van der Waals surface area contributed by atoms with Gasteiger partial charge in [0.1, 0.15) is 6.04 Å². The SMILES string of the molecule is Cn1c(=O)n(C2CCC(=O)NC2=O)c2ccc(C3CCN(C4CCN(CC(=O)N5CCCC(Nc6ncc(Cl)c(-c7cccc(-c8ccccc8)c7)n6)C5)CC4)CC3)cc21. The van der Waals surface area contributed by atoms with Crippen molar-refractivity contribution in [3.05, 3.63) is 100 Å². The zero-order chi connectivity index (χ0) is 41.3. The van der Waals surface area contributed by atoms with Crippen LogP contribution in [0.3, 0.4) is 0 Å². The number of aryl methyl sites for hydroxylation is 1. The molecule has 2 aromatic heterocycles. The first-order valence-corrected chi connectivity index (χ1v) is 21.8. The zero-order valence-corrected chi connectivity index (χ0v) is 34.8. The molecule has 0 saturated carbocycles. The number of aromatic nitrogens is 4. The average molecular weight is 830 g/mol. The first-order chi connectivity index (χ1) is 29.2. The molecule has 3 amide bonds. The van der Waals surface area contributed by atoms with E-state index >= 15 is 0 Å². The first-order valence-electron chi connectivity index (χ1n) is 21.4. The number of nitrogens with one attached hydrogen (secondary N) is 2. The van der Waals surface area contributed by atoms with Gasteiger partial charge in [-0.1, -0.05) is 66.2 Å². The van der Waals surface area contributed by atoms with Gasteiger partial charge in [0.15, 0.2) is 0 Å². The lowest BCUT2D eigenvalue weighted by molar-refractivity contribution is -0.136. The largest absolute Gasteiger partial charge is 0.350 e. The molecule has 0 bridgehead atoms. The van der Waals surface area contributed by atoms with Crippen LogP contribution in [-0.4, -0.2) is 109 Å². The Hall–Kier alpha value is -5.37. The van der Waals surface area contributed by atoms with Gasteiger partial charge in [-0.15, -0.1) is 0 Å². The van der Waals surface area contributed by atoms with E-state index in [2.05, 4.69) is 61.8 Å². The van der Waals surface area contributed by atoms with Gasteiger partial charge in [0.05, 0.1) is 34.5 Å². The molecule has 312 valence electrons. The summed E-state index contributed by atoms with van der Waals surface area (Å²) in [6.45, 7) is 5.67. The van der Waals surface area contributed by atoms with Crippen LogP contribution in [0.5, 0.6) is 0 Å². The molecule has 2 N–H and O–H groups in total. The first kappa shape index (κ1) is 40.1. The Balaban J connectivity index is 0.750. The fourth-order valence-corrected chi connectivity index (χ4v) is 10.0. The van der Waals surface area contributed by atoms with E-state index in [4.69, 9.17) is 16.6 Å². The molecular formula is C46H52ClN9O4. The predicted molar refractivity (Wildman–Crippen MR) is 233 cm³/mol. The van der Waals surface area contributed by atoms with Gasteiger partial charge in [0.2, 0.25) is 23.7 Å². The summed E-state index contributed by atoms with van der Waals surface area (Å²) in [5.74, 6) is 0.378. The summed E-state index contributed by atoms with van der Waals surface area (Å²) in [5, 5.41) is 6.38. The van der Waals surface area contributed by atoms with E-state index in [0.29, 0.717) is 48.1 Å². The molecule has 4 saturated heterocycles. The number of carbonyl (C=O) groups is 3. The molecule has 4 aliphatic rings. The summed E-state index contributed by atoms with van der Waals surface area (Å²) in [7, 11) is 1.75. The minimum Gasteiger partial charge on any atom is -0.350 e. The molecule has 0 aliphatic carbocycles. The minimum absolute atomic E-state index is 0.0498. The maximum Gasteiger partial charge on any atom is 0.329 e. The van der Waals surface area contributed by atoms with Crippen LogP contribution in [0.1, 0.15) is 68.9 Å². The monoisotopic (exact) mass is 829 g/mol. The smallest absolute Gasteiger partial charge is 0.329 e. The van der Waals surface area contributed by atoms with Gasteiger partial charge in [-0.3, -0.25) is 33.7 Å². The molecule has 14 heteroatoms. The molecule has 2 atom stereocenters. The van der Waals surface area contributed by atoms with E-state index in [9.17, 15) is 19.2 Å². The predicted octanol–water partition coefficient (Wildman–Crippen LogP) is 5.84. The molecule has 0 spiro atoms. The van der Waals surface area contributed by atoms with Crippen molar-refractivity contribution in [3.63, 3.8) is 0 Å². The van der Waals surface area contributed by atoms with Gasteiger partial charge in [-0.2, -0.15) is 0 Å². The van der Waals surface area contributed by atoms with E-state index in [1.165, 1.54) is 5.56 Å². The van der Waals surface area contributed by atoms with Gasteiger partial charge >= 0.3 is 5.69 Å². The number of imide groups is 1. The Bertz CT molecular complexity index is 2450. The average Bonchev–Trinajstić information content (AvgIpc) is 3.52. The third kappa shape index (κ3) is 8.35. The molecule has 4 aliphatic heterocycles. The Morgan fingerprint density at radius 1 is 0.833 bits per heavy atom. The molecule has 5 aromatic rings. The van der Waals surface area contributed by atoms with Crippen molar-refractivity contribution in [2.75, 3.05) is 51.1 Å². The maximum absolute atomic E-state index is 13.6. The molecule has 13 nitrogen and oxygen atoms in total. The summed E-state index contributed by atoms with van der Waals surface area (Å²) < 4.78 is 3.17. The number of halogens is 1. The summed E-state index contributed by atoms with van der Waals surface area (Å²) in [6.07, 6.45) is 8.24. The van der Waals surface area contributed by atoms with E-state index in [1.807, 2.05) is 41.3 Å². The highest BCUT2D eigenvalue weighted by atomic mass is 35.5. The number of imidazole rings is 1. The second kappa shape index (κ2) is 17.3. The third-order valence-corrected chi connectivity index (χ3v) is 13.4. The lowest BCUT2D eigenvalue weighted by Gasteiger charge is -2.42. The number of anilines is 1. The molecule has 60 heavy (non-hydrogen) atoms. The summed E-state index contributed by atoms with van der Waals surface area (Å²) in [6, 6.07) is 24.5. The lowest BCUT2D eigenvalue weighted by atomic mass is 9.87. The lowest BCUT2D eigenvalue weighted by Crippen LogP contribution is -2.51. The van der Waals surface area contributed by atoms with Gasteiger partial charge in [0.25, 0.3) is 0 Å². The summed E-state index contributed by atoms with van der Waals surface area (Å²) >= 11 is 6.62. The Morgan fingerprint density at radius 2 is 1.60 bits per heavy atom. The van der Waals surface area contributed by atoms with Gasteiger partial charge in [-0.05, 0) is 98.8 Å². The highest BCUT2D eigenvalue weighted by Gasteiger charge is 2.33. The van der Waals surface area contributed by atoms with E-state index in [-0.39, 0.29) is 30.0 Å². The number of benzene rings is 3. The minimum atomic E-state index is -0.682. The molecule has 3 aromatic carbocycles. The van der Waals surface area contributed by atoms with Gasteiger partial charge in [-0.25, -0.2) is 14.8 Å². The quantitative estimate of drug-likeness (QED) is 0.176. The number of hydrogen-bond donors (Lipinski definition) is 2. The molecule has 6 heterocycles. The number of piperidine rings is 4. The van der Waals surface area contributed by atoms with Crippen molar-refractivity contribution in [1.29, 1.82) is 0 Å². The van der Waals surface area contributed by atoms with Crippen LogP contribution < -0.4 is 16.3 Å². The summed E-state index contributed by atoms with van der Waals surface area (Å²) in [4.78, 5) is 67.5. The second-order valence-corrected chi connectivity index (χ2v) is 17.3. The number of likely N-dealkylation sites (tertiary alicyclic amines) is 3. The van der Waals surface area contributed by atoms with Crippen molar-refractivity contribution in [2.45, 2.75) is 75.4 Å². The standard InChI is InChI=1S/C46H52ClN9O4/c1-52-40-26-33(12-13-38(40)56(46(52)60)39-14-15-41(57)50-44(39)59)31-16-23-54(24-17-31)36-18-21-53(22-19-36)29-42(58)55-20-6-11-35(28-55)49-45-48-27-37(47)43(51-45)34-10-5-9-32(25-34)30-7-3-2-4-8-30/h2-5,7-10,12-13,25-27,31,35-36,39H,6,11,14-24,28-29H2,1H3,(H,48,49,51)(H,50,57,59). The fourth-order valence-electron chi connectivity index (χ4n) is 9.82. The number of fused-ring (bicyclic) bond motifs is 1. The van der Waals surface area contributed by atoms with Crippen molar-refractivity contribution < 1.29 is 14.4 Å². The van der Waals surface area contributed by atoms with E-state index < -0.39 is 11.9 Å².